The molecule has 0 aliphatic carbocycles. The Kier molecular flexibility index (Phi) is 6.96. The number of ether oxygens (including phenoxy) is 2. The maximum atomic E-state index is 13.5. The van der Waals surface area contributed by atoms with Crippen molar-refractivity contribution >= 4 is 28.8 Å². The van der Waals surface area contributed by atoms with Crippen molar-refractivity contribution < 1.29 is 23.5 Å². The number of rotatable bonds is 6. The molecule has 2 aromatic carbocycles. The third kappa shape index (κ3) is 5.31. The standard InChI is InChI=1S/C26H26FN3O4S/c27-19-9-7-18(8-10-19)25(23-6-3-15-35-23)28-24(31)17-30-16-22(26(32)29-11-13-33-14-12-29)34-21-5-2-1-4-20(21)30/h1-10,15,22,25H,11-14,16-17H2,(H,28,31)/t22-,25+/m0/s1. The van der Waals surface area contributed by atoms with Crippen LogP contribution in [0.4, 0.5) is 10.1 Å². The van der Waals surface area contributed by atoms with Crippen LogP contribution in [0.1, 0.15) is 16.5 Å². The number of amides is 2. The Bertz CT molecular complexity index is 1170. The maximum Gasteiger partial charge on any atom is 0.265 e. The molecule has 3 aromatic rings. The lowest BCUT2D eigenvalue weighted by Gasteiger charge is -2.38. The third-order valence-electron chi connectivity index (χ3n) is 6.13. The molecule has 5 rings (SSSR count). The van der Waals surface area contributed by atoms with Gasteiger partial charge in [-0.15, -0.1) is 11.3 Å². The zero-order valence-electron chi connectivity index (χ0n) is 19.1. The molecule has 1 fully saturated rings. The molecule has 0 saturated carbocycles. The van der Waals surface area contributed by atoms with Crippen molar-refractivity contribution in [3.63, 3.8) is 0 Å². The van der Waals surface area contributed by atoms with E-state index in [0.29, 0.717) is 32.1 Å². The van der Waals surface area contributed by atoms with Gasteiger partial charge in [0, 0.05) is 18.0 Å². The Hall–Kier alpha value is -3.43. The summed E-state index contributed by atoms with van der Waals surface area (Å²) in [5.41, 5.74) is 1.56. The van der Waals surface area contributed by atoms with Crippen molar-refractivity contribution in [3.05, 3.63) is 82.3 Å². The fraction of sp³-hybridized carbons (Fsp3) is 0.308. The lowest BCUT2D eigenvalue weighted by atomic mass is 10.1. The molecule has 9 heteroatoms. The van der Waals surface area contributed by atoms with E-state index >= 15 is 0 Å². The maximum absolute atomic E-state index is 13.5. The van der Waals surface area contributed by atoms with Crippen LogP contribution in [0, 0.1) is 5.82 Å². The molecule has 2 amide bonds. The van der Waals surface area contributed by atoms with Crippen LogP contribution in [0.25, 0.3) is 0 Å². The molecule has 2 aliphatic rings. The molecule has 0 spiro atoms. The zero-order chi connectivity index (χ0) is 24.2. The topological polar surface area (TPSA) is 71.1 Å². The van der Waals surface area contributed by atoms with Gasteiger partial charge in [-0.1, -0.05) is 30.3 Å². The van der Waals surface area contributed by atoms with Gasteiger partial charge in [-0.25, -0.2) is 4.39 Å². The van der Waals surface area contributed by atoms with E-state index in [2.05, 4.69) is 5.32 Å². The van der Waals surface area contributed by atoms with Gasteiger partial charge in [-0.05, 0) is 41.3 Å². The highest BCUT2D eigenvalue weighted by Crippen LogP contribution is 2.34. The normalized spacial score (nSPS) is 18.4. The minimum atomic E-state index is -0.707. The largest absolute Gasteiger partial charge is 0.477 e. The van der Waals surface area contributed by atoms with Gasteiger partial charge in [0.1, 0.15) is 11.6 Å². The molecule has 1 saturated heterocycles. The monoisotopic (exact) mass is 495 g/mol. The Morgan fingerprint density at radius 3 is 2.57 bits per heavy atom. The molecule has 35 heavy (non-hydrogen) atoms. The molecular weight excluding hydrogens is 469 g/mol. The summed E-state index contributed by atoms with van der Waals surface area (Å²) in [5, 5.41) is 5.04. The Morgan fingerprint density at radius 2 is 1.83 bits per heavy atom. The highest BCUT2D eigenvalue weighted by atomic mass is 32.1. The van der Waals surface area contributed by atoms with Crippen molar-refractivity contribution in [3.8, 4) is 5.75 Å². The first-order valence-corrected chi connectivity index (χ1v) is 12.4. The molecule has 1 N–H and O–H groups in total. The molecule has 0 bridgehead atoms. The number of thiophene rings is 1. The number of nitrogens with zero attached hydrogens (tertiary/aromatic N) is 2. The van der Waals surface area contributed by atoms with Crippen LogP contribution in [-0.2, 0) is 14.3 Å². The van der Waals surface area contributed by atoms with E-state index in [-0.39, 0.29) is 30.7 Å². The van der Waals surface area contributed by atoms with Crippen molar-refractivity contribution in [2.75, 3.05) is 44.3 Å². The predicted molar refractivity (Wildman–Crippen MR) is 131 cm³/mol. The van der Waals surface area contributed by atoms with Crippen molar-refractivity contribution in [2.45, 2.75) is 12.1 Å². The van der Waals surface area contributed by atoms with E-state index in [1.165, 1.54) is 23.5 Å². The molecule has 0 unspecified atom stereocenters. The van der Waals surface area contributed by atoms with Crippen LogP contribution in [0.15, 0.2) is 66.0 Å². The molecule has 0 radical (unpaired) electrons. The van der Waals surface area contributed by atoms with Crippen LogP contribution in [-0.4, -0.2) is 62.2 Å². The smallest absolute Gasteiger partial charge is 0.265 e. The van der Waals surface area contributed by atoms with Gasteiger partial charge in [0.2, 0.25) is 5.91 Å². The van der Waals surface area contributed by atoms with E-state index in [0.717, 1.165) is 16.1 Å². The summed E-state index contributed by atoms with van der Waals surface area (Å²) in [6.45, 7) is 2.39. The number of nitrogens with one attached hydrogen (secondary N) is 1. The van der Waals surface area contributed by atoms with Gasteiger partial charge < -0.3 is 24.6 Å². The first-order chi connectivity index (χ1) is 17.1. The summed E-state index contributed by atoms with van der Waals surface area (Å²) in [7, 11) is 0. The van der Waals surface area contributed by atoms with Crippen molar-refractivity contribution in [1.29, 1.82) is 0 Å². The number of anilines is 1. The minimum Gasteiger partial charge on any atom is -0.477 e. The third-order valence-corrected chi connectivity index (χ3v) is 7.07. The number of hydrogen-bond donors (Lipinski definition) is 1. The second kappa shape index (κ2) is 10.5. The Labute approximate surface area is 207 Å². The number of morpholine rings is 1. The van der Waals surface area contributed by atoms with Crippen molar-refractivity contribution in [2.24, 2.45) is 0 Å². The summed E-state index contributed by atoms with van der Waals surface area (Å²) in [6.07, 6.45) is -0.707. The highest BCUT2D eigenvalue weighted by Gasteiger charge is 2.35. The second-order valence-electron chi connectivity index (χ2n) is 8.46. The number of benzene rings is 2. The van der Waals surface area contributed by atoms with Crippen LogP contribution in [0.5, 0.6) is 5.75 Å². The first-order valence-electron chi connectivity index (χ1n) is 11.5. The number of carbonyl (C=O) groups is 2. The summed E-state index contributed by atoms with van der Waals surface area (Å²) >= 11 is 1.52. The molecule has 7 nitrogen and oxygen atoms in total. The van der Waals surface area contributed by atoms with E-state index < -0.39 is 12.1 Å². The Morgan fingerprint density at radius 1 is 1.06 bits per heavy atom. The van der Waals surface area contributed by atoms with Gasteiger partial charge in [0.25, 0.3) is 5.91 Å². The van der Waals surface area contributed by atoms with Gasteiger partial charge in [0.05, 0.1) is 38.0 Å². The summed E-state index contributed by atoms with van der Waals surface area (Å²) < 4.78 is 24.9. The lowest BCUT2D eigenvalue weighted by Crippen LogP contribution is -2.54. The number of halogens is 1. The summed E-state index contributed by atoms with van der Waals surface area (Å²) in [6, 6.07) is 17.0. The van der Waals surface area contributed by atoms with Gasteiger partial charge in [-0.2, -0.15) is 0 Å². The van der Waals surface area contributed by atoms with E-state index in [1.807, 2.05) is 46.7 Å². The quantitative estimate of drug-likeness (QED) is 0.569. The molecule has 2 atom stereocenters. The molecule has 3 heterocycles. The van der Waals surface area contributed by atoms with E-state index in [4.69, 9.17) is 9.47 Å². The SMILES string of the molecule is O=C(CN1C[C@@H](C(=O)N2CCOCC2)Oc2ccccc21)N[C@H](c1ccc(F)cc1)c1cccs1. The number of hydrogen-bond acceptors (Lipinski definition) is 6. The number of para-hydroxylation sites is 2. The Balaban J connectivity index is 1.34. The molecule has 182 valence electrons. The fourth-order valence-corrected chi connectivity index (χ4v) is 5.18. The van der Waals surface area contributed by atoms with Crippen LogP contribution < -0.4 is 15.0 Å². The van der Waals surface area contributed by atoms with E-state index in [9.17, 15) is 14.0 Å². The van der Waals surface area contributed by atoms with Crippen LogP contribution >= 0.6 is 11.3 Å². The van der Waals surface area contributed by atoms with Gasteiger partial charge in [0.15, 0.2) is 6.10 Å². The predicted octanol–water partition coefficient (Wildman–Crippen LogP) is 3.22. The van der Waals surface area contributed by atoms with Crippen LogP contribution in [0.3, 0.4) is 0 Å². The number of fused-ring (bicyclic) bond motifs is 1. The average Bonchev–Trinajstić information content (AvgIpc) is 3.43. The number of carbonyl (C=O) groups excluding carboxylic acids is 2. The minimum absolute atomic E-state index is 0.0519. The fourth-order valence-electron chi connectivity index (χ4n) is 4.38. The van der Waals surface area contributed by atoms with E-state index in [1.54, 1.807) is 17.0 Å². The first kappa shape index (κ1) is 23.3. The van der Waals surface area contributed by atoms with Gasteiger partial charge in [-0.3, -0.25) is 9.59 Å². The van der Waals surface area contributed by atoms with Crippen LogP contribution in [0.2, 0.25) is 0 Å². The summed E-state index contributed by atoms with van der Waals surface area (Å²) in [5.74, 6) is -0.0598. The molecule has 2 aliphatic heterocycles. The molecular formula is C26H26FN3O4S. The zero-order valence-corrected chi connectivity index (χ0v) is 19.9. The van der Waals surface area contributed by atoms with Gasteiger partial charge >= 0.3 is 0 Å². The summed E-state index contributed by atoms with van der Waals surface area (Å²) in [4.78, 5) is 31.0. The molecule has 1 aromatic heterocycles. The highest BCUT2D eigenvalue weighted by molar-refractivity contribution is 7.10. The second-order valence-corrected chi connectivity index (χ2v) is 9.44. The average molecular weight is 496 g/mol. The lowest BCUT2D eigenvalue weighted by molar-refractivity contribution is -0.142. The van der Waals surface area contributed by atoms with Crippen molar-refractivity contribution in [1.82, 2.24) is 10.2 Å².